The van der Waals surface area contributed by atoms with Gasteiger partial charge >= 0.3 is 5.97 Å². The number of carbonyl (C=O) groups is 2. The minimum Gasteiger partial charge on any atom is -0.456 e. The highest BCUT2D eigenvalue weighted by atomic mass is 35.5. The molecule has 0 unspecified atom stereocenters. The molecular formula is C14H16ClNO5S. The smallest absolute Gasteiger partial charge is 0.306 e. The number of anilines is 1. The van der Waals surface area contributed by atoms with Crippen LogP contribution in [0.1, 0.15) is 12.8 Å². The van der Waals surface area contributed by atoms with Crippen LogP contribution in [-0.4, -0.2) is 38.4 Å². The van der Waals surface area contributed by atoms with Crippen molar-refractivity contribution in [2.45, 2.75) is 12.8 Å². The van der Waals surface area contributed by atoms with Gasteiger partial charge in [0.25, 0.3) is 5.91 Å². The van der Waals surface area contributed by atoms with Gasteiger partial charge < -0.3 is 10.1 Å². The van der Waals surface area contributed by atoms with E-state index in [1.54, 1.807) is 24.3 Å². The molecule has 1 atom stereocenters. The molecule has 0 radical (unpaired) electrons. The zero-order valence-corrected chi connectivity index (χ0v) is 13.3. The second-order valence-corrected chi connectivity index (χ2v) is 7.86. The van der Waals surface area contributed by atoms with Gasteiger partial charge in [-0.15, -0.1) is 0 Å². The summed E-state index contributed by atoms with van der Waals surface area (Å²) in [5, 5.41) is 3.03. The summed E-state index contributed by atoms with van der Waals surface area (Å²) in [6.07, 6.45) is 0.482. The van der Waals surface area contributed by atoms with E-state index in [1.165, 1.54) is 0 Å². The quantitative estimate of drug-likeness (QED) is 0.819. The highest BCUT2D eigenvalue weighted by Crippen LogP contribution is 2.21. The summed E-state index contributed by atoms with van der Waals surface area (Å²) < 4.78 is 27.4. The van der Waals surface area contributed by atoms with Crippen molar-refractivity contribution < 1.29 is 22.7 Å². The molecule has 1 amide bonds. The number of ether oxygens (including phenoxy) is 1. The van der Waals surface area contributed by atoms with Crippen LogP contribution in [0.4, 0.5) is 5.69 Å². The van der Waals surface area contributed by atoms with Crippen LogP contribution in [0.15, 0.2) is 24.3 Å². The zero-order chi connectivity index (χ0) is 16.2. The number of benzene rings is 1. The van der Waals surface area contributed by atoms with Gasteiger partial charge in [-0.05, 0) is 30.5 Å². The Morgan fingerprint density at radius 3 is 2.77 bits per heavy atom. The van der Waals surface area contributed by atoms with Crippen LogP contribution in [0.5, 0.6) is 0 Å². The Bertz CT molecular complexity index is 674. The van der Waals surface area contributed by atoms with Crippen molar-refractivity contribution >= 4 is 39.0 Å². The first-order valence-corrected chi connectivity index (χ1v) is 8.95. The lowest BCUT2D eigenvalue weighted by Crippen LogP contribution is -2.22. The van der Waals surface area contributed by atoms with Gasteiger partial charge in [-0.3, -0.25) is 9.59 Å². The number of esters is 1. The highest BCUT2D eigenvalue weighted by molar-refractivity contribution is 7.91. The number of amides is 1. The zero-order valence-electron chi connectivity index (χ0n) is 11.7. The Kier molecular flexibility index (Phi) is 5.42. The largest absolute Gasteiger partial charge is 0.456 e. The van der Waals surface area contributed by atoms with Gasteiger partial charge in [0.2, 0.25) is 0 Å². The summed E-state index contributed by atoms with van der Waals surface area (Å²) in [7, 11) is -3.02. The number of hydrogen-bond donors (Lipinski definition) is 1. The lowest BCUT2D eigenvalue weighted by molar-refractivity contribution is -0.148. The molecule has 1 saturated heterocycles. The van der Waals surface area contributed by atoms with E-state index in [0.29, 0.717) is 17.1 Å². The molecule has 1 aliphatic heterocycles. The molecule has 1 aliphatic rings. The third-order valence-corrected chi connectivity index (χ3v) is 5.33. The first kappa shape index (κ1) is 16.8. The van der Waals surface area contributed by atoms with Crippen LogP contribution in [0.3, 0.4) is 0 Å². The fraction of sp³-hybridized carbons (Fsp3) is 0.429. The maximum absolute atomic E-state index is 11.6. The Morgan fingerprint density at radius 2 is 2.14 bits per heavy atom. The molecule has 0 spiro atoms. The summed E-state index contributed by atoms with van der Waals surface area (Å²) >= 11 is 5.79. The molecule has 0 bridgehead atoms. The Morgan fingerprint density at radius 1 is 1.36 bits per heavy atom. The maximum Gasteiger partial charge on any atom is 0.306 e. The number of rotatable bonds is 5. The summed E-state index contributed by atoms with van der Waals surface area (Å²) in [6, 6.07) is 6.59. The van der Waals surface area contributed by atoms with Crippen LogP contribution in [0.25, 0.3) is 0 Å². The van der Waals surface area contributed by atoms with E-state index in [2.05, 4.69) is 5.32 Å². The Balaban J connectivity index is 1.73. The van der Waals surface area contributed by atoms with Crippen molar-refractivity contribution in [1.82, 2.24) is 0 Å². The molecular weight excluding hydrogens is 330 g/mol. The van der Waals surface area contributed by atoms with Gasteiger partial charge in [-0.25, -0.2) is 8.42 Å². The molecule has 1 aromatic rings. The van der Waals surface area contributed by atoms with Crippen molar-refractivity contribution in [1.29, 1.82) is 0 Å². The predicted molar refractivity (Wildman–Crippen MR) is 82.4 cm³/mol. The Hall–Kier alpha value is -1.60. The molecule has 1 aromatic carbocycles. The van der Waals surface area contributed by atoms with Crippen LogP contribution in [0, 0.1) is 5.92 Å². The monoisotopic (exact) mass is 345 g/mol. The molecule has 8 heteroatoms. The molecule has 6 nitrogen and oxygen atoms in total. The maximum atomic E-state index is 11.6. The number of carbonyl (C=O) groups excluding carboxylic acids is 2. The molecule has 0 aromatic heterocycles. The second kappa shape index (κ2) is 7.11. The fourth-order valence-electron chi connectivity index (χ4n) is 2.24. The number of halogens is 1. The Labute approximate surface area is 133 Å². The van der Waals surface area contributed by atoms with E-state index in [1.807, 2.05) is 0 Å². The summed E-state index contributed by atoms with van der Waals surface area (Å²) in [4.78, 5) is 23.2. The average Bonchev–Trinajstić information content (AvgIpc) is 2.75. The van der Waals surface area contributed by atoms with Crippen LogP contribution < -0.4 is 5.32 Å². The van der Waals surface area contributed by atoms with E-state index in [4.69, 9.17) is 16.3 Å². The minimum atomic E-state index is -3.02. The topological polar surface area (TPSA) is 89.5 Å². The van der Waals surface area contributed by atoms with Crippen LogP contribution >= 0.6 is 11.6 Å². The molecule has 0 saturated carbocycles. The van der Waals surface area contributed by atoms with Gasteiger partial charge in [0.15, 0.2) is 16.4 Å². The van der Waals surface area contributed by atoms with Gasteiger partial charge in [0.1, 0.15) is 0 Å². The standard InChI is InChI=1S/C14H16ClNO5S/c15-11-2-1-3-12(7-11)16-13(17)8-21-14(18)6-10-4-5-22(19,20)9-10/h1-3,7,10H,4-6,8-9H2,(H,16,17)/t10-/m1/s1. The lowest BCUT2D eigenvalue weighted by atomic mass is 10.1. The van der Waals surface area contributed by atoms with E-state index in [-0.39, 0.29) is 23.8 Å². The first-order chi connectivity index (χ1) is 10.3. The minimum absolute atomic E-state index is 0.0107. The number of hydrogen-bond acceptors (Lipinski definition) is 5. The van der Waals surface area contributed by atoms with Crippen molar-refractivity contribution in [2.24, 2.45) is 5.92 Å². The number of nitrogens with one attached hydrogen (secondary N) is 1. The van der Waals surface area contributed by atoms with Crippen molar-refractivity contribution in [3.05, 3.63) is 29.3 Å². The van der Waals surface area contributed by atoms with E-state index in [0.717, 1.165) is 0 Å². The van der Waals surface area contributed by atoms with Crippen molar-refractivity contribution in [3.8, 4) is 0 Å². The second-order valence-electron chi connectivity index (χ2n) is 5.19. The summed E-state index contributed by atoms with van der Waals surface area (Å²) in [6.45, 7) is -0.412. The van der Waals surface area contributed by atoms with Crippen molar-refractivity contribution in [2.75, 3.05) is 23.4 Å². The molecule has 2 rings (SSSR count). The highest BCUT2D eigenvalue weighted by Gasteiger charge is 2.29. The van der Waals surface area contributed by atoms with E-state index in [9.17, 15) is 18.0 Å². The summed E-state index contributed by atoms with van der Waals surface area (Å²) in [5.74, 6) is -1.14. The molecule has 22 heavy (non-hydrogen) atoms. The lowest BCUT2D eigenvalue weighted by Gasteiger charge is -2.09. The van der Waals surface area contributed by atoms with Gasteiger partial charge in [0.05, 0.1) is 11.5 Å². The third kappa shape index (κ3) is 5.31. The van der Waals surface area contributed by atoms with E-state index >= 15 is 0 Å². The summed E-state index contributed by atoms with van der Waals surface area (Å²) in [5.41, 5.74) is 0.510. The van der Waals surface area contributed by atoms with Gasteiger partial charge in [-0.2, -0.15) is 0 Å². The normalized spacial score (nSPS) is 19.6. The average molecular weight is 346 g/mol. The molecule has 120 valence electrons. The first-order valence-electron chi connectivity index (χ1n) is 6.75. The van der Waals surface area contributed by atoms with Gasteiger partial charge in [-0.1, -0.05) is 17.7 Å². The predicted octanol–water partition coefficient (Wildman–Crippen LogP) is 1.65. The van der Waals surface area contributed by atoms with Crippen molar-refractivity contribution in [3.63, 3.8) is 0 Å². The van der Waals surface area contributed by atoms with E-state index < -0.39 is 28.3 Å². The molecule has 1 fully saturated rings. The molecule has 1 N–H and O–H groups in total. The molecule has 0 aliphatic carbocycles. The SMILES string of the molecule is O=C(COC(=O)C[C@H]1CCS(=O)(=O)C1)Nc1cccc(Cl)c1. The van der Waals surface area contributed by atoms with Gasteiger partial charge in [0, 0.05) is 17.1 Å². The fourth-order valence-corrected chi connectivity index (χ4v) is 4.29. The van der Waals surface area contributed by atoms with Crippen LogP contribution in [0.2, 0.25) is 5.02 Å². The number of sulfone groups is 1. The molecule has 1 heterocycles. The van der Waals surface area contributed by atoms with Crippen LogP contribution in [-0.2, 0) is 24.2 Å². The third-order valence-electron chi connectivity index (χ3n) is 3.25.